The van der Waals surface area contributed by atoms with Crippen LogP contribution in [0.2, 0.25) is 0 Å². The summed E-state index contributed by atoms with van der Waals surface area (Å²) >= 11 is 0. The minimum Gasteiger partial charge on any atom is -0.874 e. The van der Waals surface area contributed by atoms with Crippen molar-refractivity contribution in [3.8, 4) is 0 Å². The minimum atomic E-state index is -2.73. The SMILES string of the molecule is CO[C@H](C)[C@H](N=C1C=CC2=C3N=C(N4C(=C[O-])OC[C@H]4C(F)F)C=[N+]3CCOC2=C1)C(N)=O. The minimum absolute atomic E-state index is 0.180. The summed E-state index contributed by atoms with van der Waals surface area (Å²) in [4.78, 5) is 21.8. The Morgan fingerprint density at radius 1 is 1.45 bits per heavy atom. The van der Waals surface area contributed by atoms with Gasteiger partial charge in [-0.25, -0.2) is 13.4 Å². The Morgan fingerprint density at radius 3 is 2.91 bits per heavy atom. The van der Waals surface area contributed by atoms with E-state index in [-0.39, 0.29) is 24.9 Å². The number of halogens is 2. The lowest BCUT2D eigenvalue weighted by molar-refractivity contribution is -0.470. The number of ether oxygens (including phenoxy) is 3. The van der Waals surface area contributed by atoms with Gasteiger partial charge in [-0.2, -0.15) is 0 Å². The summed E-state index contributed by atoms with van der Waals surface area (Å²) in [6.07, 6.45) is 3.79. The lowest BCUT2D eigenvalue weighted by Gasteiger charge is -2.19. The van der Waals surface area contributed by atoms with Crippen LogP contribution in [-0.4, -0.2) is 84.6 Å². The lowest BCUT2D eigenvalue weighted by Crippen LogP contribution is -2.41. The molecule has 2 N–H and O–H groups in total. The van der Waals surface area contributed by atoms with E-state index < -0.39 is 30.5 Å². The molecular formula is C21H23F2N5O5. The molecule has 1 aliphatic carbocycles. The van der Waals surface area contributed by atoms with Crippen LogP contribution in [0.15, 0.2) is 57.5 Å². The first-order valence-electron chi connectivity index (χ1n) is 10.2. The third-order valence-electron chi connectivity index (χ3n) is 5.57. The zero-order valence-electron chi connectivity index (χ0n) is 18.0. The Hall–Kier alpha value is -3.54. The van der Waals surface area contributed by atoms with Crippen LogP contribution in [0.5, 0.6) is 0 Å². The molecule has 1 amide bonds. The van der Waals surface area contributed by atoms with Crippen LogP contribution >= 0.6 is 0 Å². The quantitative estimate of drug-likeness (QED) is 0.438. The number of aliphatic imine (C=N–C) groups is 2. The third kappa shape index (κ3) is 4.25. The molecule has 4 aliphatic rings. The van der Waals surface area contributed by atoms with Gasteiger partial charge in [-0.15, -0.1) is 0 Å². The average molecular weight is 463 g/mol. The van der Waals surface area contributed by atoms with Crippen molar-refractivity contribution in [2.24, 2.45) is 15.7 Å². The zero-order chi connectivity index (χ0) is 23.7. The van der Waals surface area contributed by atoms with E-state index in [4.69, 9.17) is 19.9 Å². The molecule has 3 aliphatic heterocycles. The van der Waals surface area contributed by atoms with Crippen LogP contribution in [0.25, 0.3) is 0 Å². The molecule has 4 rings (SSSR count). The summed E-state index contributed by atoms with van der Waals surface area (Å²) in [6.45, 7) is 2.07. The molecule has 0 aromatic carbocycles. The van der Waals surface area contributed by atoms with E-state index >= 15 is 0 Å². The molecule has 0 aromatic rings. The summed E-state index contributed by atoms with van der Waals surface area (Å²) < 4.78 is 44.9. The Labute approximate surface area is 188 Å². The van der Waals surface area contributed by atoms with Crippen LogP contribution < -0.4 is 10.8 Å². The standard InChI is InChI=1S/C21H23F2N5O5/c1-11(31-2)18(20(24)30)25-12-3-4-13-15(7-12)32-6-5-27-8-16(26-21(13)27)28-14(19(22)23)10-33-17(28)9-29/h3-4,7-9,11,14,18-19H,5-6,10H2,1-2H3,(H2-,24,29,30)/t11-,14+,18+/m1/s1. The number of carbonyl (C=O) groups excluding carboxylic acids is 1. The second-order valence-electron chi connectivity index (χ2n) is 7.60. The molecule has 0 radical (unpaired) electrons. The van der Waals surface area contributed by atoms with E-state index in [9.17, 15) is 18.7 Å². The number of alkyl halides is 2. The van der Waals surface area contributed by atoms with Gasteiger partial charge in [-0.3, -0.25) is 14.7 Å². The second-order valence-corrected chi connectivity index (χ2v) is 7.60. The molecule has 0 spiro atoms. The maximum Gasteiger partial charge on any atom is 0.337 e. The molecule has 1 fully saturated rings. The van der Waals surface area contributed by atoms with Crippen LogP contribution in [0.1, 0.15) is 6.92 Å². The Balaban J connectivity index is 1.70. The Kier molecular flexibility index (Phi) is 6.27. The maximum atomic E-state index is 13.5. The molecule has 0 bridgehead atoms. The number of nitrogens with zero attached hydrogens (tertiary/aromatic N) is 4. The molecule has 3 atom stereocenters. The first kappa shape index (κ1) is 22.6. The first-order chi connectivity index (χ1) is 15.8. The predicted molar refractivity (Wildman–Crippen MR) is 111 cm³/mol. The van der Waals surface area contributed by atoms with Crippen LogP contribution in [0, 0.1) is 0 Å². The fourth-order valence-corrected chi connectivity index (χ4v) is 3.78. The monoisotopic (exact) mass is 463 g/mol. The number of hydrogen-bond donors (Lipinski definition) is 1. The topological polar surface area (TPSA) is 125 Å². The molecule has 10 nitrogen and oxygen atoms in total. The second kappa shape index (κ2) is 9.14. The molecule has 1 saturated heterocycles. The fourth-order valence-electron chi connectivity index (χ4n) is 3.78. The highest BCUT2D eigenvalue weighted by molar-refractivity contribution is 6.29. The third-order valence-corrected chi connectivity index (χ3v) is 5.57. The zero-order valence-corrected chi connectivity index (χ0v) is 18.0. The van der Waals surface area contributed by atoms with Gasteiger partial charge in [0, 0.05) is 13.2 Å². The largest absolute Gasteiger partial charge is 0.874 e. The van der Waals surface area contributed by atoms with Crippen molar-refractivity contribution >= 4 is 23.7 Å². The lowest BCUT2D eigenvalue weighted by atomic mass is 10.1. The number of primary amides is 1. The van der Waals surface area contributed by atoms with Crippen molar-refractivity contribution in [1.82, 2.24) is 4.90 Å². The fraction of sp³-hybridized carbons (Fsp3) is 0.429. The normalized spacial score (nSPS) is 26.3. The Bertz CT molecular complexity index is 1060. The van der Waals surface area contributed by atoms with Crippen LogP contribution in [0.3, 0.4) is 0 Å². The molecular weight excluding hydrogens is 440 g/mol. The van der Waals surface area contributed by atoms with Gasteiger partial charge in [-0.05, 0) is 24.1 Å². The smallest absolute Gasteiger partial charge is 0.337 e. The van der Waals surface area contributed by atoms with Crippen molar-refractivity contribution in [3.63, 3.8) is 0 Å². The molecule has 0 unspecified atom stereocenters. The maximum absolute atomic E-state index is 13.5. The van der Waals surface area contributed by atoms with Crippen LogP contribution in [0.4, 0.5) is 8.78 Å². The number of methoxy groups -OCH3 is 1. The molecule has 33 heavy (non-hydrogen) atoms. The van der Waals surface area contributed by atoms with E-state index in [1.54, 1.807) is 35.9 Å². The summed E-state index contributed by atoms with van der Waals surface area (Å²) in [5.74, 6) is 0.293. The number of carbonyl (C=O) groups is 1. The number of amidine groups is 1. The van der Waals surface area contributed by atoms with Gasteiger partial charge in [0.25, 0.3) is 12.3 Å². The molecule has 0 aromatic heterocycles. The van der Waals surface area contributed by atoms with Gasteiger partial charge < -0.3 is 25.1 Å². The van der Waals surface area contributed by atoms with Gasteiger partial charge in [-0.1, -0.05) is 6.26 Å². The van der Waals surface area contributed by atoms with Gasteiger partial charge in [0.1, 0.15) is 37.1 Å². The first-order valence-corrected chi connectivity index (χ1v) is 10.2. The molecule has 12 heteroatoms. The average Bonchev–Trinajstić information content (AvgIpc) is 3.37. The predicted octanol–water partition coefficient (Wildman–Crippen LogP) is -0.368. The number of amides is 1. The summed E-state index contributed by atoms with van der Waals surface area (Å²) in [5.41, 5.74) is 6.52. The van der Waals surface area contributed by atoms with E-state index in [0.717, 1.165) is 4.90 Å². The van der Waals surface area contributed by atoms with E-state index in [0.29, 0.717) is 35.7 Å². The number of nitrogens with two attached hydrogens (primary N) is 1. The number of hydrogen-bond acceptors (Lipinski definition) is 8. The van der Waals surface area contributed by atoms with E-state index in [1.807, 2.05) is 0 Å². The van der Waals surface area contributed by atoms with Crippen molar-refractivity contribution < 1.29 is 37.5 Å². The van der Waals surface area contributed by atoms with E-state index in [1.165, 1.54) is 7.11 Å². The van der Waals surface area contributed by atoms with Crippen molar-refractivity contribution in [1.29, 1.82) is 0 Å². The van der Waals surface area contributed by atoms with Crippen molar-refractivity contribution in [2.45, 2.75) is 31.5 Å². The van der Waals surface area contributed by atoms with Crippen molar-refractivity contribution in [3.05, 3.63) is 47.5 Å². The number of rotatable bonds is 5. The molecule has 0 saturated carbocycles. The van der Waals surface area contributed by atoms with Gasteiger partial charge >= 0.3 is 5.82 Å². The Morgan fingerprint density at radius 2 is 2.24 bits per heavy atom. The number of allylic oxidation sites excluding steroid dienone is 3. The highest BCUT2D eigenvalue weighted by atomic mass is 19.3. The summed E-state index contributed by atoms with van der Waals surface area (Å²) in [7, 11) is 1.46. The molecule has 3 heterocycles. The number of fused-ring (bicyclic) bond motifs is 2. The highest BCUT2D eigenvalue weighted by Gasteiger charge is 2.44. The molecule has 176 valence electrons. The van der Waals surface area contributed by atoms with Gasteiger partial charge in [0.05, 0.1) is 11.8 Å². The highest BCUT2D eigenvalue weighted by Crippen LogP contribution is 2.31. The van der Waals surface area contributed by atoms with Gasteiger partial charge in [0.2, 0.25) is 5.91 Å². The summed E-state index contributed by atoms with van der Waals surface area (Å²) in [6, 6.07) is -2.19. The summed E-state index contributed by atoms with van der Waals surface area (Å²) in [5, 5.41) is 11.3. The van der Waals surface area contributed by atoms with Crippen LogP contribution in [-0.2, 0) is 19.0 Å². The van der Waals surface area contributed by atoms with Crippen molar-refractivity contribution in [2.75, 3.05) is 26.9 Å². The van der Waals surface area contributed by atoms with E-state index in [2.05, 4.69) is 9.98 Å². The van der Waals surface area contributed by atoms with Gasteiger partial charge in [0.15, 0.2) is 18.1 Å².